The van der Waals surface area contributed by atoms with E-state index in [9.17, 15) is 8.78 Å². The molecule has 0 fully saturated rings. The number of alkyl halides is 2. The van der Waals surface area contributed by atoms with E-state index in [1.807, 2.05) is 0 Å². The van der Waals surface area contributed by atoms with Crippen molar-refractivity contribution in [2.45, 2.75) is 45.2 Å². The molecule has 0 aromatic rings. The Morgan fingerprint density at radius 3 is 2.79 bits per heavy atom. The zero-order valence-corrected chi connectivity index (χ0v) is 9.50. The average Bonchev–Trinajstić information content (AvgIpc) is 2.50. The average molecular weight is 222 g/mol. The Morgan fingerprint density at radius 2 is 2.36 bits per heavy atom. The Labute approximate surface area is 87.6 Å². The zero-order chi connectivity index (χ0) is 10.8. The Kier molecular flexibility index (Phi) is 3.75. The van der Waals surface area contributed by atoms with E-state index in [1.165, 1.54) is 18.7 Å². The first kappa shape index (κ1) is 11.8. The minimum Gasteiger partial charge on any atom is -0.356 e. The number of halogens is 2. The molecule has 0 saturated carbocycles. The van der Waals surface area contributed by atoms with Crippen LogP contribution in [0.25, 0.3) is 0 Å². The maximum Gasteiger partial charge on any atom is 0.264 e. The largest absolute Gasteiger partial charge is 0.356 e. The Bertz CT molecular complexity index is 225. The lowest BCUT2D eigenvalue weighted by molar-refractivity contribution is -0.00573. The Morgan fingerprint density at radius 1 is 1.71 bits per heavy atom. The van der Waals surface area contributed by atoms with Gasteiger partial charge < -0.3 is 5.32 Å². The number of hydrogen-bond acceptors (Lipinski definition) is 3. The normalized spacial score (nSPS) is 24.6. The van der Waals surface area contributed by atoms with Crippen LogP contribution in [0.15, 0.2) is 4.99 Å². The van der Waals surface area contributed by atoms with Crippen molar-refractivity contribution in [2.75, 3.05) is 5.75 Å². The summed E-state index contributed by atoms with van der Waals surface area (Å²) in [6.45, 7) is 4.44. The molecule has 1 aliphatic heterocycles. The van der Waals surface area contributed by atoms with E-state index in [-0.39, 0.29) is 0 Å². The number of nitrogens with zero attached hydrogens (tertiary/aromatic N) is 1. The van der Waals surface area contributed by atoms with Crippen LogP contribution in [0.3, 0.4) is 0 Å². The van der Waals surface area contributed by atoms with E-state index in [0.29, 0.717) is 11.2 Å². The fraction of sp³-hybridized carbons (Fsp3) is 0.889. The molecule has 1 rings (SSSR count). The van der Waals surface area contributed by atoms with E-state index in [2.05, 4.69) is 17.2 Å². The van der Waals surface area contributed by atoms with Crippen LogP contribution >= 0.6 is 11.8 Å². The second kappa shape index (κ2) is 4.47. The van der Waals surface area contributed by atoms with Gasteiger partial charge in [0.25, 0.3) is 5.92 Å². The van der Waals surface area contributed by atoms with Crippen molar-refractivity contribution in [1.29, 1.82) is 0 Å². The standard InChI is InChI=1S/C9H16F2N2S/c1-4-7-5-14-8(13-7)12-6(2)9(3,10)11/h6-7H,4-5H2,1-3H3,(H,12,13). The molecule has 0 amide bonds. The predicted octanol–water partition coefficient (Wildman–Crippen LogP) is 2.50. The van der Waals surface area contributed by atoms with Crippen LogP contribution in [-0.4, -0.2) is 28.9 Å². The molecule has 0 radical (unpaired) electrons. The van der Waals surface area contributed by atoms with E-state index in [4.69, 9.17) is 0 Å². The van der Waals surface area contributed by atoms with Crippen LogP contribution in [0.5, 0.6) is 0 Å². The third-order valence-electron chi connectivity index (χ3n) is 2.28. The number of amidine groups is 1. The van der Waals surface area contributed by atoms with Crippen LogP contribution in [0.1, 0.15) is 27.2 Å². The van der Waals surface area contributed by atoms with Gasteiger partial charge in [-0.1, -0.05) is 18.7 Å². The summed E-state index contributed by atoms with van der Waals surface area (Å²) in [6.07, 6.45) is 0.967. The molecule has 0 aromatic carbocycles. The van der Waals surface area contributed by atoms with E-state index in [0.717, 1.165) is 19.1 Å². The van der Waals surface area contributed by atoms with Gasteiger partial charge in [-0.3, -0.25) is 4.99 Å². The SMILES string of the molecule is CCC1CSC(NC(C)C(C)(F)F)=N1. The molecule has 0 bridgehead atoms. The molecule has 0 aromatic heterocycles. The maximum absolute atomic E-state index is 12.8. The lowest BCUT2D eigenvalue weighted by atomic mass is 10.2. The van der Waals surface area contributed by atoms with Gasteiger partial charge in [-0.2, -0.15) is 0 Å². The van der Waals surface area contributed by atoms with Crippen molar-refractivity contribution < 1.29 is 8.78 Å². The van der Waals surface area contributed by atoms with Gasteiger partial charge in [-0.05, 0) is 13.3 Å². The highest BCUT2D eigenvalue weighted by Gasteiger charge is 2.31. The van der Waals surface area contributed by atoms with Crippen LogP contribution in [0.2, 0.25) is 0 Å². The minimum absolute atomic E-state index is 0.292. The molecular formula is C9H16F2N2S. The highest BCUT2D eigenvalue weighted by molar-refractivity contribution is 8.14. The summed E-state index contributed by atoms with van der Waals surface area (Å²) in [4.78, 5) is 4.30. The summed E-state index contributed by atoms with van der Waals surface area (Å²) >= 11 is 1.53. The van der Waals surface area contributed by atoms with Gasteiger partial charge in [0.2, 0.25) is 0 Å². The second-order valence-corrected chi connectivity index (χ2v) is 4.64. The first-order valence-electron chi connectivity index (χ1n) is 4.78. The van der Waals surface area contributed by atoms with Crippen molar-refractivity contribution >= 4 is 16.9 Å². The van der Waals surface area contributed by atoms with Crippen molar-refractivity contribution in [3.05, 3.63) is 0 Å². The van der Waals surface area contributed by atoms with Gasteiger partial charge in [0, 0.05) is 12.7 Å². The van der Waals surface area contributed by atoms with Crippen LogP contribution < -0.4 is 5.32 Å². The van der Waals surface area contributed by atoms with Gasteiger partial charge >= 0.3 is 0 Å². The summed E-state index contributed by atoms with van der Waals surface area (Å²) < 4.78 is 25.6. The second-order valence-electron chi connectivity index (χ2n) is 3.63. The summed E-state index contributed by atoms with van der Waals surface area (Å²) in [5.74, 6) is -1.80. The zero-order valence-electron chi connectivity index (χ0n) is 8.68. The molecule has 0 spiro atoms. The van der Waals surface area contributed by atoms with Crippen molar-refractivity contribution in [3.63, 3.8) is 0 Å². The Hall–Kier alpha value is -0.320. The third-order valence-corrected chi connectivity index (χ3v) is 3.33. The molecule has 14 heavy (non-hydrogen) atoms. The Balaban J connectivity index is 2.46. The first-order chi connectivity index (χ1) is 6.43. The number of hydrogen-bond donors (Lipinski definition) is 1. The van der Waals surface area contributed by atoms with Crippen molar-refractivity contribution in [3.8, 4) is 0 Å². The van der Waals surface area contributed by atoms with Gasteiger partial charge in [0.05, 0.1) is 12.1 Å². The monoisotopic (exact) mass is 222 g/mol. The van der Waals surface area contributed by atoms with Gasteiger partial charge in [0.15, 0.2) is 5.17 Å². The fourth-order valence-corrected chi connectivity index (χ4v) is 2.16. The molecule has 0 saturated heterocycles. The molecule has 5 heteroatoms. The smallest absolute Gasteiger partial charge is 0.264 e. The van der Waals surface area contributed by atoms with Crippen LogP contribution in [0, 0.1) is 0 Å². The van der Waals surface area contributed by atoms with Gasteiger partial charge in [0.1, 0.15) is 0 Å². The summed E-state index contributed by atoms with van der Waals surface area (Å²) in [5.41, 5.74) is 0. The van der Waals surface area contributed by atoms with Gasteiger partial charge in [-0.25, -0.2) is 8.78 Å². The molecule has 1 aliphatic rings. The highest BCUT2D eigenvalue weighted by atomic mass is 32.2. The topological polar surface area (TPSA) is 24.4 Å². The highest BCUT2D eigenvalue weighted by Crippen LogP contribution is 2.22. The predicted molar refractivity (Wildman–Crippen MR) is 57.2 cm³/mol. The van der Waals surface area contributed by atoms with E-state index < -0.39 is 12.0 Å². The summed E-state index contributed by atoms with van der Waals surface area (Å²) in [6, 6.07) is -0.565. The van der Waals surface area contributed by atoms with E-state index in [1.54, 1.807) is 0 Å². The number of aliphatic imine (C=N–C) groups is 1. The first-order valence-corrected chi connectivity index (χ1v) is 5.77. The minimum atomic E-state index is -2.70. The number of rotatable bonds is 3. The molecule has 2 unspecified atom stereocenters. The summed E-state index contributed by atoms with van der Waals surface area (Å²) in [7, 11) is 0. The van der Waals surface area contributed by atoms with Crippen LogP contribution in [-0.2, 0) is 0 Å². The van der Waals surface area contributed by atoms with Crippen molar-refractivity contribution in [2.24, 2.45) is 4.99 Å². The molecule has 0 aliphatic carbocycles. The fourth-order valence-electron chi connectivity index (χ4n) is 1.02. The molecule has 2 atom stereocenters. The maximum atomic E-state index is 12.8. The lowest BCUT2D eigenvalue weighted by Gasteiger charge is -2.20. The number of nitrogens with one attached hydrogen (secondary N) is 1. The summed E-state index contributed by atoms with van der Waals surface area (Å²) in [5, 5.41) is 3.40. The van der Waals surface area contributed by atoms with Crippen molar-refractivity contribution in [1.82, 2.24) is 5.32 Å². The lowest BCUT2D eigenvalue weighted by Crippen LogP contribution is -2.42. The molecular weight excluding hydrogens is 206 g/mol. The van der Waals surface area contributed by atoms with Gasteiger partial charge in [-0.15, -0.1) is 0 Å². The quantitative estimate of drug-likeness (QED) is 0.793. The molecule has 1 N–H and O–H groups in total. The molecule has 2 nitrogen and oxygen atoms in total. The third kappa shape index (κ3) is 3.12. The van der Waals surface area contributed by atoms with E-state index >= 15 is 0 Å². The number of thioether (sulfide) groups is 1. The van der Waals surface area contributed by atoms with Crippen LogP contribution in [0.4, 0.5) is 8.78 Å². The molecule has 1 heterocycles. The molecule has 82 valence electrons.